The van der Waals surface area contributed by atoms with Gasteiger partial charge in [-0.2, -0.15) is 0 Å². The Hall–Kier alpha value is -1.32. The van der Waals surface area contributed by atoms with Crippen molar-refractivity contribution >= 4 is 11.8 Å². The quantitative estimate of drug-likeness (QED) is 0.808. The zero-order valence-electron chi connectivity index (χ0n) is 11.5. The van der Waals surface area contributed by atoms with Gasteiger partial charge >= 0.3 is 0 Å². The molecule has 1 aromatic carbocycles. The maximum absolute atomic E-state index is 4.04. The highest BCUT2D eigenvalue weighted by molar-refractivity contribution is 7.98. The average Bonchev–Trinajstić information content (AvgIpc) is 2.44. The number of hydrogen-bond donors (Lipinski definition) is 1. The maximum Gasteiger partial charge on any atom is 0.0270 e. The van der Waals surface area contributed by atoms with Gasteiger partial charge in [0.2, 0.25) is 0 Å². The standard InChI is InChI=1S/C16H20N2S/c1-13(2)18-11-15-4-3-5-16(10-15)19-12-14-6-8-17-9-7-14/h3-10,13,18H,11-12H2,1-2H3. The summed E-state index contributed by atoms with van der Waals surface area (Å²) in [5.74, 6) is 0.990. The van der Waals surface area contributed by atoms with Gasteiger partial charge in [-0.05, 0) is 35.4 Å². The predicted molar refractivity (Wildman–Crippen MR) is 82.2 cm³/mol. The molecule has 100 valence electrons. The lowest BCUT2D eigenvalue weighted by atomic mass is 10.2. The van der Waals surface area contributed by atoms with E-state index in [0.29, 0.717) is 6.04 Å². The summed E-state index contributed by atoms with van der Waals surface area (Å²) in [6, 6.07) is 13.4. The summed E-state index contributed by atoms with van der Waals surface area (Å²) in [5.41, 5.74) is 2.65. The molecule has 1 N–H and O–H groups in total. The van der Waals surface area contributed by atoms with Gasteiger partial charge in [0, 0.05) is 35.6 Å². The minimum Gasteiger partial charge on any atom is -0.310 e. The number of nitrogens with zero attached hydrogens (tertiary/aromatic N) is 1. The zero-order valence-corrected chi connectivity index (χ0v) is 12.3. The number of hydrogen-bond acceptors (Lipinski definition) is 3. The van der Waals surface area contributed by atoms with Crippen LogP contribution in [0.25, 0.3) is 0 Å². The molecule has 0 atom stereocenters. The summed E-state index contributed by atoms with van der Waals surface area (Å²) < 4.78 is 0. The van der Waals surface area contributed by atoms with Gasteiger partial charge in [0.15, 0.2) is 0 Å². The summed E-state index contributed by atoms with van der Waals surface area (Å²) in [6.45, 7) is 5.27. The molecule has 19 heavy (non-hydrogen) atoms. The Morgan fingerprint density at radius 3 is 2.63 bits per heavy atom. The lowest BCUT2D eigenvalue weighted by Gasteiger charge is -2.09. The van der Waals surface area contributed by atoms with E-state index in [1.165, 1.54) is 16.0 Å². The molecule has 2 aromatic rings. The largest absolute Gasteiger partial charge is 0.310 e. The van der Waals surface area contributed by atoms with Crippen molar-refractivity contribution in [1.29, 1.82) is 0 Å². The van der Waals surface area contributed by atoms with Crippen molar-refractivity contribution in [2.75, 3.05) is 0 Å². The van der Waals surface area contributed by atoms with E-state index in [-0.39, 0.29) is 0 Å². The van der Waals surface area contributed by atoms with Gasteiger partial charge in [-0.25, -0.2) is 0 Å². The summed E-state index contributed by atoms with van der Waals surface area (Å²) in [4.78, 5) is 5.36. The molecule has 2 rings (SSSR count). The van der Waals surface area contributed by atoms with Crippen LogP contribution in [-0.2, 0) is 12.3 Å². The Kier molecular flexibility index (Phi) is 5.43. The Bertz CT molecular complexity index is 497. The number of aromatic nitrogens is 1. The van der Waals surface area contributed by atoms with Gasteiger partial charge in [0.05, 0.1) is 0 Å². The molecule has 2 nitrogen and oxygen atoms in total. The summed E-state index contributed by atoms with van der Waals surface area (Å²) in [5, 5.41) is 3.45. The Labute approximate surface area is 119 Å². The molecule has 0 amide bonds. The number of benzene rings is 1. The molecule has 0 saturated carbocycles. The van der Waals surface area contributed by atoms with Crippen molar-refractivity contribution in [3.05, 3.63) is 59.9 Å². The lowest BCUT2D eigenvalue weighted by Crippen LogP contribution is -2.21. The van der Waals surface area contributed by atoms with Crippen LogP contribution in [0.15, 0.2) is 53.7 Å². The highest BCUT2D eigenvalue weighted by Gasteiger charge is 1.99. The van der Waals surface area contributed by atoms with Gasteiger partial charge in [-0.15, -0.1) is 11.8 Å². The number of thioether (sulfide) groups is 1. The Balaban J connectivity index is 1.91. The van der Waals surface area contributed by atoms with Gasteiger partial charge < -0.3 is 5.32 Å². The predicted octanol–water partition coefficient (Wildman–Crippen LogP) is 3.87. The van der Waals surface area contributed by atoms with E-state index >= 15 is 0 Å². The Morgan fingerprint density at radius 1 is 1.11 bits per heavy atom. The highest BCUT2D eigenvalue weighted by atomic mass is 32.2. The fourth-order valence-corrected chi connectivity index (χ4v) is 2.65. The first-order valence-corrected chi connectivity index (χ1v) is 7.56. The monoisotopic (exact) mass is 272 g/mol. The molecule has 0 saturated heterocycles. The lowest BCUT2D eigenvalue weighted by molar-refractivity contribution is 0.588. The van der Waals surface area contributed by atoms with Crippen LogP contribution in [0, 0.1) is 0 Å². The van der Waals surface area contributed by atoms with Crippen molar-refractivity contribution < 1.29 is 0 Å². The molecule has 1 aromatic heterocycles. The van der Waals surface area contributed by atoms with Gasteiger partial charge in [-0.1, -0.05) is 26.0 Å². The van der Waals surface area contributed by atoms with Crippen molar-refractivity contribution in [3.8, 4) is 0 Å². The number of pyridine rings is 1. The van der Waals surface area contributed by atoms with E-state index < -0.39 is 0 Å². The molecule has 0 aliphatic carbocycles. The van der Waals surface area contributed by atoms with E-state index in [2.05, 4.69) is 60.5 Å². The van der Waals surface area contributed by atoms with E-state index in [0.717, 1.165) is 12.3 Å². The van der Waals surface area contributed by atoms with E-state index in [1.807, 2.05) is 24.2 Å². The van der Waals surface area contributed by atoms with E-state index in [4.69, 9.17) is 0 Å². The Morgan fingerprint density at radius 2 is 1.89 bits per heavy atom. The first kappa shape index (κ1) is 14.1. The number of rotatable bonds is 6. The van der Waals surface area contributed by atoms with Crippen molar-refractivity contribution in [2.24, 2.45) is 0 Å². The summed E-state index contributed by atoms with van der Waals surface area (Å²) >= 11 is 1.87. The van der Waals surface area contributed by atoms with Crippen LogP contribution in [0.2, 0.25) is 0 Å². The van der Waals surface area contributed by atoms with Crippen LogP contribution in [-0.4, -0.2) is 11.0 Å². The summed E-state index contributed by atoms with van der Waals surface area (Å²) in [7, 11) is 0. The molecule has 0 aliphatic heterocycles. The highest BCUT2D eigenvalue weighted by Crippen LogP contribution is 2.23. The molecule has 0 spiro atoms. The molecule has 1 heterocycles. The van der Waals surface area contributed by atoms with Crippen LogP contribution in [0.4, 0.5) is 0 Å². The number of nitrogens with one attached hydrogen (secondary N) is 1. The second kappa shape index (κ2) is 7.31. The third kappa shape index (κ3) is 5.05. The van der Waals surface area contributed by atoms with Crippen LogP contribution >= 0.6 is 11.8 Å². The van der Waals surface area contributed by atoms with Crippen LogP contribution in [0.3, 0.4) is 0 Å². The average molecular weight is 272 g/mol. The van der Waals surface area contributed by atoms with Crippen molar-refractivity contribution in [1.82, 2.24) is 10.3 Å². The first-order valence-electron chi connectivity index (χ1n) is 6.58. The van der Waals surface area contributed by atoms with Gasteiger partial charge in [0.1, 0.15) is 0 Å². The smallest absolute Gasteiger partial charge is 0.0270 e. The third-order valence-corrected chi connectivity index (χ3v) is 3.83. The molecule has 0 fully saturated rings. The fourth-order valence-electron chi connectivity index (χ4n) is 1.71. The summed E-state index contributed by atoms with van der Waals surface area (Å²) in [6.07, 6.45) is 3.69. The van der Waals surface area contributed by atoms with Crippen molar-refractivity contribution in [3.63, 3.8) is 0 Å². The SMILES string of the molecule is CC(C)NCc1cccc(SCc2ccncc2)c1. The minimum atomic E-state index is 0.521. The molecule has 0 radical (unpaired) electrons. The normalized spacial score (nSPS) is 10.9. The maximum atomic E-state index is 4.04. The van der Waals surface area contributed by atoms with E-state index in [1.54, 1.807) is 0 Å². The van der Waals surface area contributed by atoms with Crippen LogP contribution in [0.5, 0.6) is 0 Å². The molecule has 0 bridgehead atoms. The molecular weight excluding hydrogens is 252 g/mol. The zero-order chi connectivity index (χ0) is 13.5. The molecule has 0 aliphatic rings. The topological polar surface area (TPSA) is 24.9 Å². The fraction of sp³-hybridized carbons (Fsp3) is 0.312. The van der Waals surface area contributed by atoms with Gasteiger partial charge in [0.25, 0.3) is 0 Å². The van der Waals surface area contributed by atoms with Gasteiger partial charge in [-0.3, -0.25) is 4.98 Å². The molecule has 0 unspecified atom stereocenters. The second-order valence-electron chi connectivity index (χ2n) is 4.83. The van der Waals surface area contributed by atoms with Crippen LogP contribution < -0.4 is 5.32 Å². The molecule has 3 heteroatoms. The van der Waals surface area contributed by atoms with Crippen molar-refractivity contribution in [2.45, 2.75) is 37.1 Å². The third-order valence-electron chi connectivity index (χ3n) is 2.77. The molecular formula is C16H20N2S. The van der Waals surface area contributed by atoms with E-state index in [9.17, 15) is 0 Å². The van der Waals surface area contributed by atoms with Crippen LogP contribution in [0.1, 0.15) is 25.0 Å². The minimum absolute atomic E-state index is 0.521. The second-order valence-corrected chi connectivity index (χ2v) is 5.88. The first-order chi connectivity index (χ1) is 9.24.